The van der Waals surface area contributed by atoms with E-state index in [1.807, 2.05) is 67.6 Å². The summed E-state index contributed by atoms with van der Waals surface area (Å²) in [7, 11) is 0. The van der Waals surface area contributed by atoms with Crippen LogP contribution >= 0.6 is 0 Å². The molecule has 0 radical (unpaired) electrons. The summed E-state index contributed by atoms with van der Waals surface area (Å²) in [4.78, 5) is 27.5. The summed E-state index contributed by atoms with van der Waals surface area (Å²) >= 11 is 0. The van der Waals surface area contributed by atoms with E-state index in [4.69, 9.17) is 14.2 Å². The normalized spacial score (nSPS) is 32.9. The van der Waals surface area contributed by atoms with E-state index in [0.29, 0.717) is 6.61 Å². The molecule has 0 aliphatic carbocycles. The smallest absolute Gasteiger partial charge is 0.411 e. The molecule has 3 aliphatic rings. The van der Waals surface area contributed by atoms with Crippen LogP contribution in [0.2, 0.25) is 0 Å². The van der Waals surface area contributed by atoms with Gasteiger partial charge in [0.2, 0.25) is 6.29 Å². The lowest BCUT2D eigenvalue weighted by atomic mass is 9.78. The predicted molar refractivity (Wildman–Crippen MR) is 99.2 cm³/mol. The molecule has 0 spiro atoms. The number of nitrogens with zero attached hydrogens (tertiary/aromatic N) is 1. The quantitative estimate of drug-likeness (QED) is 0.767. The number of carbonyl (C=O) groups is 2. The van der Waals surface area contributed by atoms with Gasteiger partial charge < -0.3 is 14.2 Å². The number of carbonyl (C=O) groups excluding carboxylic acids is 2. The van der Waals surface area contributed by atoms with Gasteiger partial charge in [-0.25, -0.2) is 9.59 Å². The minimum absolute atomic E-state index is 0.0411. The Morgan fingerprint density at radius 1 is 1.14 bits per heavy atom. The first-order chi connectivity index (χ1) is 13.6. The Bertz CT molecular complexity index is 902. The monoisotopic (exact) mass is 379 g/mol. The van der Waals surface area contributed by atoms with E-state index in [1.54, 1.807) is 4.90 Å². The molecule has 0 unspecified atom stereocenters. The molecule has 1 amide bonds. The second-order valence-corrected chi connectivity index (χ2v) is 7.73. The lowest BCUT2D eigenvalue weighted by molar-refractivity contribution is -0.210. The molecule has 5 rings (SSSR count). The van der Waals surface area contributed by atoms with Gasteiger partial charge in [0, 0.05) is 11.8 Å². The van der Waals surface area contributed by atoms with E-state index < -0.39 is 29.9 Å². The highest BCUT2D eigenvalue weighted by atomic mass is 16.7. The number of fused-ring (bicyclic) bond motifs is 1. The number of hydrogen-bond donors (Lipinski definition) is 0. The van der Waals surface area contributed by atoms with Crippen molar-refractivity contribution in [3.05, 3.63) is 71.8 Å². The highest BCUT2D eigenvalue weighted by Crippen LogP contribution is 2.57. The van der Waals surface area contributed by atoms with Gasteiger partial charge >= 0.3 is 12.1 Å². The molecule has 5 atom stereocenters. The van der Waals surface area contributed by atoms with E-state index in [9.17, 15) is 9.59 Å². The Morgan fingerprint density at radius 2 is 1.82 bits per heavy atom. The molecule has 144 valence electrons. The van der Waals surface area contributed by atoms with Crippen LogP contribution in [0.15, 0.2) is 60.7 Å². The van der Waals surface area contributed by atoms with Crippen LogP contribution in [0.4, 0.5) is 4.79 Å². The highest BCUT2D eigenvalue weighted by Gasteiger charge is 2.72. The van der Waals surface area contributed by atoms with E-state index in [1.165, 1.54) is 0 Å². The minimum atomic E-state index is -0.765. The number of rotatable bonds is 3. The van der Waals surface area contributed by atoms with E-state index in [0.717, 1.165) is 11.1 Å². The van der Waals surface area contributed by atoms with Gasteiger partial charge in [-0.05, 0) is 18.1 Å². The maximum atomic E-state index is 13.1. The van der Waals surface area contributed by atoms with Gasteiger partial charge in [0.15, 0.2) is 0 Å². The first-order valence-corrected chi connectivity index (χ1v) is 9.48. The number of esters is 1. The molecule has 6 nitrogen and oxygen atoms in total. The topological polar surface area (TPSA) is 65.1 Å². The third-order valence-electron chi connectivity index (χ3n) is 6.28. The molecular formula is C22H21NO5. The third kappa shape index (κ3) is 2.37. The first kappa shape index (κ1) is 17.3. The molecule has 3 saturated heterocycles. The average molecular weight is 379 g/mol. The molecular weight excluding hydrogens is 358 g/mol. The Kier molecular flexibility index (Phi) is 3.91. The molecule has 0 saturated carbocycles. The van der Waals surface area contributed by atoms with Crippen LogP contribution in [0.25, 0.3) is 0 Å². The summed E-state index contributed by atoms with van der Waals surface area (Å²) in [5.74, 6) is -0.661. The van der Waals surface area contributed by atoms with Crippen LogP contribution < -0.4 is 0 Å². The van der Waals surface area contributed by atoms with Crippen molar-refractivity contribution in [1.29, 1.82) is 0 Å². The standard InChI is InChI=1S/C22H21NO5/c1-22-16-13-26-20(22)28-19(24)18(17(16)15-10-6-3-7-11-15)23(22)21(25)27-12-14-8-4-2-5-9-14/h2-11,16-18,20H,12-13H2,1H3/t16-,17-,18-,20+,22+/m0/s1. The van der Waals surface area contributed by atoms with Crippen LogP contribution in [0, 0.1) is 5.92 Å². The number of benzene rings is 2. The van der Waals surface area contributed by atoms with Gasteiger partial charge in [-0.3, -0.25) is 4.90 Å². The summed E-state index contributed by atoms with van der Waals surface area (Å²) < 4.78 is 16.9. The lowest BCUT2D eigenvalue weighted by Gasteiger charge is -2.42. The van der Waals surface area contributed by atoms with Crippen molar-refractivity contribution in [2.24, 2.45) is 5.92 Å². The first-order valence-electron chi connectivity index (χ1n) is 9.48. The zero-order valence-corrected chi connectivity index (χ0v) is 15.5. The second kappa shape index (κ2) is 6.34. The Morgan fingerprint density at radius 3 is 2.54 bits per heavy atom. The van der Waals surface area contributed by atoms with Gasteiger partial charge in [0.25, 0.3) is 0 Å². The zero-order valence-electron chi connectivity index (χ0n) is 15.5. The fraction of sp³-hybridized carbons (Fsp3) is 0.364. The van der Waals surface area contributed by atoms with Crippen molar-refractivity contribution >= 4 is 12.1 Å². The fourth-order valence-corrected chi connectivity index (χ4v) is 4.91. The second-order valence-electron chi connectivity index (χ2n) is 7.73. The maximum absolute atomic E-state index is 13.1. The average Bonchev–Trinajstić information content (AvgIpc) is 3.15. The number of morpholine rings is 1. The zero-order chi connectivity index (χ0) is 19.3. The van der Waals surface area contributed by atoms with E-state index >= 15 is 0 Å². The van der Waals surface area contributed by atoms with Crippen molar-refractivity contribution in [2.45, 2.75) is 37.3 Å². The van der Waals surface area contributed by atoms with Crippen LogP contribution in [-0.2, 0) is 25.6 Å². The summed E-state index contributed by atoms with van der Waals surface area (Å²) in [6.07, 6.45) is -1.27. The van der Waals surface area contributed by atoms with Crippen molar-refractivity contribution in [2.75, 3.05) is 6.61 Å². The molecule has 0 N–H and O–H groups in total. The van der Waals surface area contributed by atoms with Crippen molar-refractivity contribution < 1.29 is 23.8 Å². The molecule has 6 heteroatoms. The Labute approximate surface area is 163 Å². The van der Waals surface area contributed by atoms with E-state index in [-0.39, 0.29) is 18.4 Å². The molecule has 3 heterocycles. The van der Waals surface area contributed by atoms with Crippen molar-refractivity contribution in [3.63, 3.8) is 0 Å². The van der Waals surface area contributed by atoms with Crippen LogP contribution in [0.5, 0.6) is 0 Å². The number of amides is 1. The molecule has 2 bridgehead atoms. The number of hydrogen-bond acceptors (Lipinski definition) is 5. The number of ether oxygens (including phenoxy) is 3. The van der Waals surface area contributed by atoms with Crippen molar-refractivity contribution in [1.82, 2.24) is 4.90 Å². The van der Waals surface area contributed by atoms with Gasteiger partial charge in [0.05, 0.1) is 6.61 Å². The van der Waals surface area contributed by atoms with Crippen LogP contribution in [0.3, 0.4) is 0 Å². The van der Waals surface area contributed by atoms with Gasteiger partial charge in [-0.15, -0.1) is 0 Å². The summed E-state index contributed by atoms with van der Waals surface area (Å²) in [5.41, 5.74) is 1.16. The summed E-state index contributed by atoms with van der Waals surface area (Å²) in [6.45, 7) is 2.52. The summed E-state index contributed by atoms with van der Waals surface area (Å²) in [5, 5.41) is 0. The summed E-state index contributed by atoms with van der Waals surface area (Å²) in [6, 6.07) is 18.6. The molecule has 2 aromatic carbocycles. The Balaban J connectivity index is 1.49. The van der Waals surface area contributed by atoms with Gasteiger partial charge in [-0.1, -0.05) is 60.7 Å². The van der Waals surface area contributed by atoms with Gasteiger partial charge in [-0.2, -0.15) is 0 Å². The SMILES string of the molecule is C[C@]12[C@@H]3OC[C@H]1[C@H](c1ccccc1)[C@@H](C(=O)O3)N2C(=O)OCc1ccccc1. The van der Waals surface area contributed by atoms with Crippen LogP contribution in [0.1, 0.15) is 24.0 Å². The molecule has 28 heavy (non-hydrogen) atoms. The van der Waals surface area contributed by atoms with Crippen LogP contribution in [-0.4, -0.2) is 41.4 Å². The maximum Gasteiger partial charge on any atom is 0.411 e. The lowest BCUT2D eigenvalue weighted by Crippen LogP contribution is -2.63. The fourth-order valence-electron chi connectivity index (χ4n) is 4.91. The van der Waals surface area contributed by atoms with Crippen molar-refractivity contribution in [3.8, 4) is 0 Å². The molecule has 0 aromatic heterocycles. The minimum Gasteiger partial charge on any atom is -0.445 e. The molecule has 2 aromatic rings. The molecule has 3 aliphatic heterocycles. The predicted octanol–water partition coefficient (Wildman–Crippen LogP) is 3.08. The highest BCUT2D eigenvalue weighted by molar-refractivity contribution is 5.86. The molecule has 3 fully saturated rings. The van der Waals surface area contributed by atoms with E-state index in [2.05, 4.69) is 0 Å². The third-order valence-corrected chi connectivity index (χ3v) is 6.28. The van der Waals surface area contributed by atoms with Gasteiger partial charge in [0.1, 0.15) is 18.2 Å². The largest absolute Gasteiger partial charge is 0.445 e. The Hall–Kier alpha value is -2.86.